The molecule has 0 saturated heterocycles. The van der Waals surface area contributed by atoms with Gasteiger partial charge < -0.3 is 15.2 Å². The van der Waals surface area contributed by atoms with Crippen molar-refractivity contribution in [3.63, 3.8) is 0 Å². The molecule has 6 nitrogen and oxygen atoms in total. The van der Waals surface area contributed by atoms with Crippen molar-refractivity contribution in [2.45, 2.75) is 33.2 Å². The fraction of sp³-hybridized carbons (Fsp3) is 0.462. The van der Waals surface area contributed by atoms with Gasteiger partial charge in [-0.15, -0.1) is 0 Å². The van der Waals surface area contributed by atoms with Crippen LogP contribution in [0.4, 0.5) is 11.6 Å². The predicted molar refractivity (Wildman–Crippen MR) is 74.1 cm³/mol. The zero-order valence-corrected chi connectivity index (χ0v) is 11.5. The quantitative estimate of drug-likeness (QED) is 0.831. The highest BCUT2D eigenvalue weighted by Crippen LogP contribution is 2.21. The Balaban J connectivity index is 2.14. The van der Waals surface area contributed by atoms with E-state index in [0.717, 1.165) is 41.5 Å². The van der Waals surface area contributed by atoms with Crippen LogP contribution < -0.4 is 10.6 Å². The molecule has 0 radical (unpaired) electrons. The van der Waals surface area contributed by atoms with Gasteiger partial charge >= 0.3 is 0 Å². The summed E-state index contributed by atoms with van der Waals surface area (Å²) in [5.74, 6) is 2.51. The molecule has 0 saturated carbocycles. The first-order chi connectivity index (χ1) is 9.24. The van der Waals surface area contributed by atoms with Gasteiger partial charge in [0.05, 0.1) is 12.2 Å². The molecule has 19 heavy (non-hydrogen) atoms. The fourth-order valence-corrected chi connectivity index (χ4v) is 1.94. The normalized spacial score (nSPS) is 10.5. The minimum absolute atomic E-state index is 0.567. The van der Waals surface area contributed by atoms with Crippen LogP contribution in [0.2, 0.25) is 0 Å². The average Bonchev–Trinajstić information content (AvgIpc) is 2.83. The molecule has 2 rings (SSSR count). The summed E-state index contributed by atoms with van der Waals surface area (Å²) in [5, 5.41) is 10.2. The van der Waals surface area contributed by atoms with Crippen molar-refractivity contribution < 1.29 is 4.52 Å². The van der Waals surface area contributed by atoms with Gasteiger partial charge in [-0.05, 0) is 13.3 Å². The highest BCUT2D eigenvalue weighted by Gasteiger charge is 2.10. The number of hydrogen-bond donors (Lipinski definition) is 2. The number of aryl methyl sites for hydroxylation is 1. The average molecular weight is 261 g/mol. The maximum atomic E-state index is 5.17. The molecule has 0 aromatic carbocycles. The maximum absolute atomic E-state index is 5.17. The number of aromatic nitrogens is 3. The molecule has 102 valence electrons. The van der Waals surface area contributed by atoms with Crippen molar-refractivity contribution >= 4 is 11.6 Å². The molecule has 0 spiro atoms. The lowest BCUT2D eigenvalue weighted by Gasteiger charge is -2.12. The molecule has 0 aliphatic carbocycles. The molecule has 0 aliphatic heterocycles. The first-order valence-electron chi connectivity index (χ1n) is 6.42. The highest BCUT2D eigenvalue weighted by atomic mass is 16.5. The zero-order valence-electron chi connectivity index (χ0n) is 11.5. The van der Waals surface area contributed by atoms with E-state index in [9.17, 15) is 0 Å². The number of hydrogen-bond acceptors (Lipinski definition) is 6. The Morgan fingerprint density at radius 3 is 2.68 bits per heavy atom. The maximum Gasteiger partial charge on any atom is 0.156 e. The molecule has 0 amide bonds. The molecular weight excluding hydrogens is 242 g/mol. The van der Waals surface area contributed by atoms with E-state index >= 15 is 0 Å². The Morgan fingerprint density at radius 2 is 2.05 bits per heavy atom. The second kappa shape index (κ2) is 6.17. The summed E-state index contributed by atoms with van der Waals surface area (Å²) in [5.41, 5.74) is 1.98. The minimum Gasteiger partial charge on any atom is -0.373 e. The summed E-state index contributed by atoms with van der Waals surface area (Å²) >= 11 is 0. The van der Waals surface area contributed by atoms with Crippen LogP contribution >= 0.6 is 0 Å². The Bertz CT molecular complexity index is 538. The van der Waals surface area contributed by atoms with Crippen molar-refractivity contribution in [3.05, 3.63) is 29.4 Å². The SMILES string of the molecule is CCCc1c(NC)ncnc1NCc1cc(C)no1. The first-order valence-corrected chi connectivity index (χ1v) is 6.42. The van der Waals surface area contributed by atoms with Crippen LogP contribution in [0.25, 0.3) is 0 Å². The second-order valence-electron chi connectivity index (χ2n) is 4.34. The monoisotopic (exact) mass is 261 g/mol. The van der Waals surface area contributed by atoms with E-state index in [1.807, 2.05) is 20.0 Å². The van der Waals surface area contributed by atoms with Crippen LogP contribution in [-0.4, -0.2) is 22.2 Å². The van der Waals surface area contributed by atoms with Crippen LogP contribution in [-0.2, 0) is 13.0 Å². The van der Waals surface area contributed by atoms with Gasteiger partial charge in [-0.2, -0.15) is 0 Å². The molecule has 0 unspecified atom stereocenters. The standard InChI is InChI=1S/C13H19N5O/c1-4-5-11-12(14-3)16-8-17-13(11)15-7-10-6-9(2)18-19-10/h6,8H,4-5,7H2,1-3H3,(H2,14,15,16,17). The van der Waals surface area contributed by atoms with Crippen LogP contribution in [0.5, 0.6) is 0 Å². The van der Waals surface area contributed by atoms with Crippen molar-refractivity contribution in [2.75, 3.05) is 17.7 Å². The van der Waals surface area contributed by atoms with Gasteiger partial charge in [0.15, 0.2) is 5.76 Å². The molecule has 2 aromatic rings. The van der Waals surface area contributed by atoms with Gasteiger partial charge in [-0.1, -0.05) is 18.5 Å². The molecule has 0 aliphatic rings. The Hall–Kier alpha value is -2.11. The summed E-state index contributed by atoms with van der Waals surface area (Å²) in [6.07, 6.45) is 3.52. The van der Waals surface area contributed by atoms with Crippen LogP contribution in [0.15, 0.2) is 16.9 Å². The molecule has 0 atom stereocenters. The highest BCUT2D eigenvalue weighted by molar-refractivity contribution is 5.57. The number of nitrogens with one attached hydrogen (secondary N) is 2. The molecular formula is C13H19N5O. The Morgan fingerprint density at radius 1 is 1.26 bits per heavy atom. The summed E-state index contributed by atoms with van der Waals surface area (Å²) < 4.78 is 5.17. The van der Waals surface area contributed by atoms with E-state index in [2.05, 4.69) is 32.7 Å². The van der Waals surface area contributed by atoms with E-state index < -0.39 is 0 Å². The molecule has 0 fully saturated rings. The van der Waals surface area contributed by atoms with Gasteiger partial charge in [0.2, 0.25) is 0 Å². The van der Waals surface area contributed by atoms with Crippen LogP contribution in [0.3, 0.4) is 0 Å². The number of anilines is 2. The van der Waals surface area contributed by atoms with E-state index in [4.69, 9.17) is 4.52 Å². The molecule has 0 bridgehead atoms. The smallest absolute Gasteiger partial charge is 0.156 e. The number of nitrogens with zero attached hydrogens (tertiary/aromatic N) is 3. The van der Waals surface area contributed by atoms with E-state index in [1.165, 1.54) is 0 Å². The Labute approximate surface area is 112 Å². The second-order valence-corrected chi connectivity index (χ2v) is 4.34. The summed E-state index contributed by atoms with van der Waals surface area (Å²) in [6.45, 7) is 4.60. The van der Waals surface area contributed by atoms with Gasteiger partial charge in [0.1, 0.15) is 18.0 Å². The third-order valence-electron chi connectivity index (χ3n) is 2.79. The summed E-state index contributed by atoms with van der Waals surface area (Å²) in [7, 11) is 1.87. The van der Waals surface area contributed by atoms with Crippen molar-refractivity contribution in [1.29, 1.82) is 0 Å². The lowest BCUT2D eigenvalue weighted by atomic mass is 10.1. The lowest BCUT2D eigenvalue weighted by molar-refractivity contribution is 0.384. The summed E-state index contributed by atoms with van der Waals surface area (Å²) in [6, 6.07) is 1.91. The third-order valence-corrected chi connectivity index (χ3v) is 2.79. The minimum atomic E-state index is 0.567. The predicted octanol–water partition coefficient (Wildman–Crippen LogP) is 2.38. The van der Waals surface area contributed by atoms with Gasteiger partial charge in [-0.25, -0.2) is 9.97 Å². The zero-order chi connectivity index (χ0) is 13.7. The van der Waals surface area contributed by atoms with E-state index in [0.29, 0.717) is 6.54 Å². The van der Waals surface area contributed by atoms with Gasteiger partial charge in [0.25, 0.3) is 0 Å². The Kier molecular flexibility index (Phi) is 4.33. The van der Waals surface area contributed by atoms with Gasteiger partial charge in [0, 0.05) is 18.7 Å². The van der Waals surface area contributed by atoms with E-state index in [1.54, 1.807) is 6.33 Å². The third kappa shape index (κ3) is 3.21. The first kappa shape index (κ1) is 13.3. The fourth-order valence-electron chi connectivity index (χ4n) is 1.94. The van der Waals surface area contributed by atoms with E-state index in [-0.39, 0.29) is 0 Å². The van der Waals surface area contributed by atoms with Crippen LogP contribution in [0.1, 0.15) is 30.4 Å². The van der Waals surface area contributed by atoms with Crippen molar-refractivity contribution in [1.82, 2.24) is 15.1 Å². The number of rotatable bonds is 6. The molecule has 2 N–H and O–H groups in total. The van der Waals surface area contributed by atoms with Crippen molar-refractivity contribution in [2.24, 2.45) is 0 Å². The molecule has 6 heteroatoms. The van der Waals surface area contributed by atoms with Crippen LogP contribution in [0, 0.1) is 6.92 Å². The summed E-state index contributed by atoms with van der Waals surface area (Å²) in [4.78, 5) is 8.54. The van der Waals surface area contributed by atoms with Gasteiger partial charge in [-0.3, -0.25) is 0 Å². The molecule has 2 heterocycles. The molecule has 2 aromatic heterocycles. The van der Waals surface area contributed by atoms with Crippen molar-refractivity contribution in [3.8, 4) is 0 Å². The topological polar surface area (TPSA) is 75.9 Å². The largest absolute Gasteiger partial charge is 0.373 e. The lowest BCUT2D eigenvalue weighted by Crippen LogP contribution is -2.08.